The highest BCUT2D eigenvalue weighted by atomic mass is 35.5. The van der Waals surface area contributed by atoms with E-state index in [1.165, 1.54) is 12.8 Å². The Balaban J connectivity index is 0.00000156. The van der Waals surface area contributed by atoms with Crippen LogP contribution in [-0.2, 0) is 4.79 Å². The molecular weight excluding hydrogens is 318 g/mol. The maximum atomic E-state index is 12.3. The maximum Gasteiger partial charge on any atom is 0.231 e. The highest BCUT2D eigenvalue weighted by Crippen LogP contribution is 2.38. The lowest BCUT2D eigenvalue weighted by Crippen LogP contribution is -2.39. The van der Waals surface area contributed by atoms with Crippen molar-refractivity contribution in [2.45, 2.75) is 44.2 Å². The molecule has 7 heteroatoms. The topological polar surface area (TPSA) is 85.6 Å². The number of amides is 1. The van der Waals surface area contributed by atoms with Gasteiger partial charge in [0.1, 0.15) is 0 Å². The first-order valence-corrected chi connectivity index (χ1v) is 7.92. The van der Waals surface area contributed by atoms with E-state index in [4.69, 9.17) is 15.2 Å². The maximum absolute atomic E-state index is 12.3. The van der Waals surface area contributed by atoms with Gasteiger partial charge < -0.3 is 25.8 Å². The van der Waals surface area contributed by atoms with Crippen LogP contribution in [0.2, 0.25) is 0 Å². The number of fused-ring (bicyclic) bond motifs is 3. The van der Waals surface area contributed by atoms with Gasteiger partial charge in [0, 0.05) is 30.6 Å². The van der Waals surface area contributed by atoms with Crippen LogP contribution in [0.3, 0.4) is 0 Å². The smallest absolute Gasteiger partial charge is 0.231 e. The number of rotatable bonds is 3. The minimum atomic E-state index is 0. The predicted molar refractivity (Wildman–Crippen MR) is 90.1 cm³/mol. The molecule has 2 saturated heterocycles. The Labute approximate surface area is 141 Å². The fraction of sp³-hybridized carbons (Fsp3) is 0.562. The van der Waals surface area contributed by atoms with E-state index in [-0.39, 0.29) is 25.1 Å². The van der Waals surface area contributed by atoms with E-state index in [0.29, 0.717) is 47.3 Å². The molecule has 2 fully saturated rings. The van der Waals surface area contributed by atoms with Crippen molar-refractivity contribution in [2.24, 2.45) is 5.92 Å². The fourth-order valence-electron chi connectivity index (χ4n) is 3.87. The molecule has 0 aromatic heterocycles. The molecule has 2 bridgehead atoms. The zero-order valence-electron chi connectivity index (χ0n) is 12.8. The number of piperidine rings is 1. The Kier molecular flexibility index (Phi) is 4.55. The van der Waals surface area contributed by atoms with Crippen LogP contribution in [0.1, 0.15) is 32.1 Å². The van der Waals surface area contributed by atoms with E-state index in [2.05, 4.69) is 10.6 Å². The van der Waals surface area contributed by atoms with Gasteiger partial charge in [-0.15, -0.1) is 12.4 Å². The van der Waals surface area contributed by atoms with Gasteiger partial charge in [-0.2, -0.15) is 0 Å². The molecule has 3 aliphatic rings. The molecule has 126 valence electrons. The van der Waals surface area contributed by atoms with Crippen LogP contribution in [0.25, 0.3) is 0 Å². The van der Waals surface area contributed by atoms with Gasteiger partial charge >= 0.3 is 0 Å². The number of hydrogen-bond acceptors (Lipinski definition) is 5. The number of nitrogens with two attached hydrogens (primary N) is 1. The van der Waals surface area contributed by atoms with Crippen molar-refractivity contribution >= 4 is 29.7 Å². The highest BCUT2D eigenvalue weighted by molar-refractivity contribution is 5.94. The quantitative estimate of drug-likeness (QED) is 0.736. The van der Waals surface area contributed by atoms with Crippen molar-refractivity contribution in [1.82, 2.24) is 5.32 Å². The fourth-order valence-corrected chi connectivity index (χ4v) is 3.87. The lowest BCUT2D eigenvalue weighted by Gasteiger charge is -2.28. The third-order valence-corrected chi connectivity index (χ3v) is 4.86. The monoisotopic (exact) mass is 339 g/mol. The van der Waals surface area contributed by atoms with E-state index in [9.17, 15) is 4.79 Å². The van der Waals surface area contributed by atoms with Crippen molar-refractivity contribution in [3.05, 3.63) is 12.1 Å². The average Bonchev–Trinajstić information content (AvgIpc) is 3.05. The standard InChI is InChI=1S/C16H21N3O3.ClH/c17-12-6-14-15(22-8-21-14)7-13(12)19-16(20)5-9-3-10-1-2-11(4-9)18-10;/h6-7,9-11,18H,1-5,8,17H2,(H,19,20);1H. The van der Waals surface area contributed by atoms with Crippen LogP contribution >= 0.6 is 12.4 Å². The van der Waals surface area contributed by atoms with E-state index in [1.54, 1.807) is 12.1 Å². The molecular formula is C16H22ClN3O3. The second-order valence-electron chi connectivity index (χ2n) is 6.52. The van der Waals surface area contributed by atoms with E-state index < -0.39 is 0 Å². The van der Waals surface area contributed by atoms with Gasteiger partial charge in [-0.25, -0.2) is 0 Å². The Hall–Kier alpha value is -1.66. The van der Waals surface area contributed by atoms with Gasteiger partial charge in [-0.1, -0.05) is 0 Å². The van der Waals surface area contributed by atoms with Crippen molar-refractivity contribution < 1.29 is 14.3 Å². The summed E-state index contributed by atoms with van der Waals surface area (Å²) in [7, 11) is 0. The van der Waals surface area contributed by atoms with Crippen LogP contribution in [-0.4, -0.2) is 24.8 Å². The third-order valence-electron chi connectivity index (χ3n) is 4.86. The van der Waals surface area contributed by atoms with E-state index >= 15 is 0 Å². The lowest BCUT2D eigenvalue weighted by atomic mass is 9.89. The summed E-state index contributed by atoms with van der Waals surface area (Å²) in [5, 5.41) is 6.52. The van der Waals surface area contributed by atoms with Gasteiger partial charge in [0.15, 0.2) is 11.5 Å². The van der Waals surface area contributed by atoms with Crippen LogP contribution < -0.4 is 25.8 Å². The Bertz CT molecular complexity index is 598. The summed E-state index contributed by atoms with van der Waals surface area (Å²) < 4.78 is 10.6. The number of benzene rings is 1. The molecule has 6 nitrogen and oxygen atoms in total. The summed E-state index contributed by atoms with van der Waals surface area (Å²) in [6.45, 7) is 0.198. The molecule has 23 heavy (non-hydrogen) atoms. The summed E-state index contributed by atoms with van der Waals surface area (Å²) >= 11 is 0. The molecule has 0 spiro atoms. The third kappa shape index (κ3) is 3.33. The average molecular weight is 340 g/mol. The molecule has 0 radical (unpaired) electrons. The molecule has 1 aromatic rings. The SMILES string of the molecule is Cl.Nc1cc2c(cc1NC(=O)CC1CC3CCC(C1)N3)OCO2. The molecule has 4 rings (SSSR count). The van der Waals surface area contributed by atoms with Crippen molar-refractivity contribution in [1.29, 1.82) is 0 Å². The molecule has 3 aliphatic heterocycles. The van der Waals surface area contributed by atoms with Crippen molar-refractivity contribution in [3.8, 4) is 11.5 Å². The first kappa shape index (κ1) is 16.2. The Morgan fingerprint density at radius 3 is 2.57 bits per heavy atom. The number of hydrogen-bond donors (Lipinski definition) is 3. The first-order valence-electron chi connectivity index (χ1n) is 7.92. The van der Waals surface area contributed by atoms with Gasteiger partial charge in [0.2, 0.25) is 12.7 Å². The van der Waals surface area contributed by atoms with Gasteiger partial charge in [0.05, 0.1) is 11.4 Å². The minimum absolute atomic E-state index is 0. The van der Waals surface area contributed by atoms with Crippen molar-refractivity contribution in [3.63, 3.8) is 0 Å². The second-order valence-corrected chi connectivity index (χ2v) is 6.52. The minimum Gasteiger partial charge on any atom is -0.454 e. The van der Waals surface area contributed by atoms with Crippen LogP contribution in [0.4, 0.5) is 11.4 Å². The Morgan fingerprint density at radius 1 is 1.22 bits per heavy atom. The van der Waals surface area contributed by atoms with Gasteiger partial charge in [0.25, 0.3) is 0 Å². The number of nitrogens with one attached hydrogen (secondary N) is 2. The molecule has 2 unspecified atom stereocenters. The number of halogens is 1. The Morgan fingerprint density at radius 2 is 1.87 bits per heavy atom. The van der Waals surface area contributed by atoms with Crippen LogP contribution in [0, 0.1) is 5.92 Å². The van der Waals surface area contributed by atoms with E-state index in [1.807, 2.05) is 0 Å². The predicted octanol–water partition coefficient (Wildman–Crippen LogP) is 2.28. The molecule has 1 aromatic carbocycles. The largest absolute Gasteiger partial charge is 0.454 e. The van der Waals surface area contributed by atoms with Gasteiger partial charge in [-0.05, 0) is 31.6 Å². The lowest BCUT2D eigenvalue weighted by molar-refractivity contribution is -0.117. The summed E-state index contributed by atoms with van der Waals surface area (Å²) in [5.74, 6) is 1.75. The summed E-state index contributed by atoms with van der Waals surface area (Å²) in [4.78, 5) is 12.3. The highest BCUT2D eigenvalue weighted by Gasteiger charge is 2.34. The van der Waals surface area contributed by atoms with Crippen LogP contribution in [0.5, 0.6) is 11.5 Å². The van der Waals surface area contributed by atoms with E-state index in [0.717, 1.165) is 12.8 Å². The first-order chi connectivity index (χ1) is 10.7. The number of carbonyl (C=O) groups is 1. The molecule has 0 aliphatic carbocycles. The zero-order valence-corrected chi connectivity index (χ0v) is 13.7. The normalized spacial score (nSPS) is 27.4. The van der Waals surface area contributed by atoms with Crippen LogP contribution in [0.15, 0.2) is 12.1 Å². The zero-order chi connectivity index (χ0) is 15.1. The molecule has 2 atom stereocenters. The summed E-state index contributed by atoms with van der Waals surface area (Å²) in [6.07, 6.45) is 5.25. The van der Waals surface area contributed by atoms with Gasteiger partial charge in [-0.3, -0.25) is 4.79 Å². The number of nitrogen functional groups attached to an aromatic ring is 1. The molecule has 1 amide bonds. The molecule has 0 saturated carbocycles. The number of ether oxygens (including phenoxy) is 2. The number of carbonyl (C=O) groups excluding carboxylic acids is 1. The van der Waals surface area contributed by atoms with Crippen molar-refractivity contribution in [2.75, 3.05) is 17.8 Å². The summed E-state index contributed by atoms with van der Waals surface area (Å²) in [6, 6.07) is 4.64. The molecule has 3 heterocycles. The molecule has 4 N–H and O–H groups in total. The number of anilines is 2. The summed E-state index contributed by atoms with van der Waals surface area (Å²) in [5.41, 5.74) is 7.07. The second kappa shape index (κ2) is 6.45.